The molecule has 0 spiro atoms. The van der Waals surface area contributed by atoms with Crippen LogP contribution in [0.3, 0.4) is 0 Å². The molecule has 0 aliphatic heterocycles. The summed E-state index contributed by atoms with van der Waals surface area (Å²) in [5.41, 5.74) is 3.39. The zero-order valence-corrected chi connectivity index (χ0v) is 19.5. The Morgan fingerprint density at radius 3 is 2.27 bits per heavy atom. The van der Waals surface area contributed by atoms with Crippen LogP contribution < -0.4 is 16.0 Å². The van der Waals surface area contributed by atoms with Gasteiger partial charge in [-0.05, 0) is 46.9 Å². The molecule has 0 unspecified atom stereocenters. The highest BCUT2D eigenvalue weighted by atomic mass is 32.2. The topological polar surface area (TPSA) is 114 Å². The van der Waals surface area contributed by atoms with E-state index in [0.29, 0.717) is 11.4 Å². The van der Waals surface area contributed by atoms with Gasteiger partial charge in [-0.15, -0.1) is 0 Å². The van der Waals surface area contributed by atoms with Crippen LogP contribution in [0.1, 0.15) is 26.3 Å². The highest BCUT2D eigenvalue weighted by Crippen LogP contribution is 2.33. The molecular formula is C24H24N4O4S. The number of fused-ring (bicyclic) bond motifs is 1. The highest BCUT2D eigenvalue weighted by molar-refractivity contribution is 7.92. The summed E-state index contributed by atoms with van der Waals surface area (Å²) in [6.07, 6.45) is 4.34. The number of hydrogen-bond acceptors (Lipinski definition) is 5. The van der Waals surface area contributed by atoms with E-state index in [1.54, 1.807) is 18.3 Å². The van der Waals surface area contributed by atoms with Gasteiger partial charge in [0.2, 0.25) is 10.0 Å². The van der Waals surface area contributed by atoms with Gasteiger partial charge in [0.15, 0.2) is 0 Å². The largest absolute Gasteiger partial charge is 0.332 e. The van der Waals surface area contributed by atoms with Crippen molar-refractivity contribution in [3.05, 3.63) is 87.3 Å². The lowest BCUT2D eigenvalue weighted by molar-refractivity contribution is 0.594. The predicted molar refractivity (Wildman–Crippen MR) is 131 cm³/mol. The number of aromatic nitrogens is 3. The van der Waals surface area contributed by atoms with Gasteiger partial charge in [-0.1, -0.05) is 32.9 Å². The Bertz CT molecular complexity index is 1580. The van der Waals surface area contributed by atoms with Gasteiger partial charge >= 0.3 is 5.69 Å². The number of nitrogens with zero attached hydrogens (tertiary/aromatic N) is 2. The Morgan fingerprint density at radius 2 is 1.67 bits per heavy atom. The van der Waals surface area contributed by atoms with E-state index in [4.69, 9.17) is 4.98 Å². The van der Waals surface area contributed by atoms with E-state index in [2.05, 4.69) is 30.5 Å². The number of benzene rings is 2. The monoisotopic (exact) mass is 464 g/mol. The van der Waals surface area contributed by atoms with Crippen LogP contribution in [0.25, 0.3) is 27.7 Å². The fourth-order valence-electron chi connectivity index (χ4n) is 3.67. The second kappa shape index (κ2) is 8.00. The van der Waals surface area contributed by atoms with Crippen LogP contribution in [0.5, 0.6) is 0 Å². The number of nitrogens with one attached hydrogen (secondary N) is 2. The molecule has 0 atom stereocenters. The molecule has 9 heteroatoms. The zero-order valence-electron chi connectivity index (χ0n) is 18.7. The minimum Gasteiger partial charge on any atom is -0.284 e. The molecule has 4 aromatic rings. The molecule has 0 fully saturated rings. The zero-order chi connectivity index (χ0) is 24.0. The molecule has 0 saturated carbocycles. The molecule has 0 bridgehead atoms. The van der Waals surface area contributed by atoms with Crippen LogP contribution in [0.2, 0.25) is 0 Å². The quantitative estimate of drug-likeness (QED) is 0.480. The van der Waals surface area contributed by atoms with Gasteiger partial charge in [-0.25, -0.2) is 13.2 Å². The average Bonchev–Trinajstić information content (AvgIpc) is 2.71. The van der Waals surface area contributed by atoms with Crippen LogP contribution in [0.4, 0.5) is 5.69 Å². The smallest absolute Gasteiger partial charge is 0.284 e. The number of hydrogen-bond donors (Lipinski definition) is 2. The molecule has 8 nitrogen and oxygen atoms in total. The maximum Gasteiger partial charge on any atom is 0.332 e. The van der Waals surface area contributed by atoms with Crippen LogP contribution in [0.15, 0.2) is 70.5 Å². The molecule has 33 heavy (non-hydrogen) atoms. The van der Waals surface area contributed by atoms with Crippen LogP contribution in [0, 0.1) is 0 Å². The number of anilines is 1. The molecular weight excluding hydrogens is 440 g/mol. The molecule has 4 rings (SSSR count). The summed E-state index contributed by atoms with van der Waals surface area (Å²) >= 11 is 0. The van der Waals surface area contributed by atoms with E-state index in [0.717, 1.165) is 33.8 Å². The van der Waals surface area contributed by atoms with Gasteiger partial charge in [0.25, 0.3) is 5.56 Å². The maximum absolute atomic E-state index is 12.4. The van der Waals surface area contributed by atoms with Crippen molar-refractivity contribution in [3.63, 3.8) is 0 Å². The van der Waals surface area contributed by atoms with Crippen LogP contribution in [-0.2, 0) is 15.4 Å². The van der Waals surface area contributed by atoms with Gasteiger partial charge in [0, 0.05) is 35.1 Å². The van der Waals surface area contributed by atoms with E-state index in [1.807, 2.05) is 30.3 Å². The first-order valence-corrected chi connectivity index (χ1v) is 12.1. The van der Waals surface area contributed by atoms with E-state index in [9.17, 15) is 18.0 Å². The number of pyridine rings is 1. The summed E-state index contributed by atoms with van der Waals surface area (Å²) in [7, 11) is -3.35. The SMILES string of the molecule is CC(C)(C)c1cc(-n2ccc(=O)[nH]c2=O)cc2cc(-c3ccc(NS(C)(=O)=O)cc3)cnc12. The first-order valence-electron chi connectivity index (χ1n) is 10.3. The number of H-pyrrole nitrogens is 1. The Morgan fingerprint density at radius 1 is 0.970 bits per heavy atom. The van der Waals surface area contributed by atoms with Crippen LogP contribution in [-0.4, -0.2) is 29.2 Å². The van der Waals surface area contributed by atoms with Gasteiger partial charge in [0.1, 0.15) is 0 Å². The van der Waals surface area contributed by atoms with Crippen molar-refractivity contribution in [2.45, 2.75) is 26.2 Å². The lowest BCUT2D eigenvalue weighted by Gasteiger charge is -2.22. The molecule has 170 valence electrons. The summed E-state index contributed by atoms with van der Waals surface area (Å²) in [4.78, 5) is 30.9. The van der Waals surface area contributed by atoms with Crippen molar-refractivity contribution >= 4 is 26.6 Å². The van der Waals surface area contributed by atoms with Crippen molar-refractivity contribution < 1.29 is 8.42 Å². The fraction of sp³-hybridized carbons (Fsp3) is 0.208. The number of aromatic amines is 1. The second-order valence-corrected chi connectivity index (χ2v) is 10.7. The Kier molecular flexibility index (Phi) is 5.45. The minimum absolute atomic E-state index is 0.243. The summed E-state index contributed by atoms with van der Waals surface area (Å²) in [5.74, 6) is 0. The molecule has 0 amide bonds. The third-order valence-corrected chi connectivity index (χ3v) is 5.81. The van der Waals surface area contributed by atoms with Crippen LogP contribution >= 0.6 is 0 Å². The Hall–Kier alpha value is -3.72. The highest BCUT2D eigenvalue weighted by Gasteiger charge is 2.20. The molecule has 0 saturated heterocycles. The van der Waals surface area contributed by atoms with Crippen molar-refractivity contribution in [3.8, 4) is 16.8 Å². The first kappa shape index (κ1) is 22.5. The third kappa shape index (κ3) is 4.88. The van der Waals surface area contributed by atoms with Gasteiger partial charge in [0.05, 0.1) is 17.5 Å². The number of rotatable bonds is 4. The Labute approximate surface area is 191 Å². The first-order chi connectivity index (χ1) is 15.4. The maximum atomic E-state index is 12.4. The van der Waals surface area contributed by atoms with Crippen molar-refractivity contribution in [1.82, 2.24) is 14.5 Å². The van der Waals surface area contributed by atoms with E-state index >= 15 is 0 Å². The molecule has 2 heterocycles. The molecule has 0 aliphatic rings. The molecule has 2 aromatic carbocycles. The predicted octanol–water partition coefficient (Wildman–Crippen LogP) is 3.41. The van der Waals surface area contributed by atoms with Gasteiger partial charge in [-0.3, -0.25) is 24.1 Å². The third-order valence-electron chi connectivity index (χ3n) is 5.20. The number of sulfonamides is 1. The summed E-state index contributed by atoms with van der Waals surface area (Å²) in [5, 5.41) is 0.839. The molecule has 0 aliphatic carbocycles. The fourth-order valence-corrected chi connectivity index (χ4v) is 4.23. The van der Waals surface area contributed by atoms with Crippen molar-refractivity contribution in [2.24, 2.45) is 0 Å². The average molecular weight is 465 g/mol. The Balaban J connectivity index is 1.87. The summed E-state index contributed by atoms with van der Waals surface area (Å²) in [6, 6.07) is 14.1. The second-order valence-electron chi connectivity index (χ2n) is 8.97. The van der Waals surface area contributed by atoms with Crippen molar-refractivity contribution in [2.75, 3.05) is 11.0 Å². The van der Waals surface area contributed by atoms with E-state index in [-0.39, 0.29) is 5.41 Å². The summed E-state index contributed by atoms with van der Waals surface area (Å²) in [6.45, 7) is 6.22. The normalized spacial score (nSPS) is 12.1. The lowest BCUT2D eigenvalue weighted by atomic mass is 9.84. The minimum atomic E-state index is -3.35. The van der Waals surface area contributed by atoms with Gasteiger partial charge < -0.3 is 0 Å². The van der Waals surface area contributed by atoms with E-state index < -0.39 is 21.3 Å². The molecule has 2 N–H and O–H groups in total. The van der Waals surface area contributed by atoms with Gasteiger partial charge in [-0.2, -0.15) is 0 Å². The van der Waals surface area contributed by atoms with Crippen molar-refractivity contribution in [1.29, 1.82) is 0 Å². The summed E-state index contributed by atoms with van der Waals surface area (Å²) < 4.78 is 26.7. The standard InChI is InChI=1S/C24H24N4O4S/c1-24(2,3)20-13-19(28-10-9-21(29)26-23(28)30)12-16-11-17(14-25-22(16)20)15-5-7-18(8-6-15)27-33(4,31)32/h5-14,27H,1-4H3,(H,26,29,30). The lowest BCUT2D eigenvalue weighted by Crippen LogP contribution is -2.27. The molecule has 2 aromatic heterocycles. The van der Waals surface area contributed by atoms with E-state index in [1.165, 1.54) is 16.8 Å². The molecule has 0 radical (unpaired) electrons.